The number of nitrogens with two attached hydrogens (primary N) is 1. The maximum atomic E-state index is 12.0. The van der Waals surface area contributed by atoms with Crippen LogP contribution in [0, 0.1) is 0 Å². The zero-order chi connectivity index (χ0) is 17.1. The lowest BCUT2D eigenvalue weighted by Gasteiger charge is -2.24. The Labute approximate surface area is 137 Å². The van der Waals surface area contributed by atoms with Gasteiger partial charge in [-0.05, 0) is 32.6 Å². The van der Waals surface area contributed by atoms with E-state index in [9.17, 15) is 14.4 Å². The maximum absolute atomic E-state index is 12.0. The lowest BCUT2D eigenvalue weighted by Crippen LogP contribution is -2.42. The number of esters is 1. The maximum Gasteiger partial charge on any atom is 0.312 e. The highest BCUT2D eigenvalue weighted by Gasteiger charge is 2.21. The summed E-state index contributed by atoms with van der Waals surface area (Å²) in [4.78, 5) is 34.2. The van der Waals surface area contributed by atoms with E-state index in [4.69, 9.17) is 10.5 Å². The average Bonchev–Trinajstić information content (AvgIpc) is 2.51. The van der Waals surface area contributed by atoms with E-state index in [1.807, 2.05) is 0 Å². The molecule has 7 nitrogen and oxygen atoms in total. The number of hydrogen-bond donors (Lipinski definition) is 3. The molecule has 4 N–H and O–H groups in total. The van der Waals surface area contributed by atoms with Crippen LogP contribution < -0.4 is 16.4 Å². The molecule has 0 heterocycles. The lowest BCUT2D eigenvalue weighted by molar-refractivity contribution is -0.155. The zero-order valence-electron chi connectivity index (χ0n) is 13.9. The third-order valence-corrected chi connectivity index (χ3v) is 3.99. The Morgan fingerprint density at radius 1 is 1.13 bits per heavy atom. The zero-order valence-corrected chi connectivity index (χ0v) is 13.9. The molecule has 1 rings (SSSR count). The minimum absolute atomic E-state index is 0.212. The van der Waals surface area contributed by atoms with Crippen molar-refractivity contribution in [1.82, 2.24) is 10.6 Å². The highest BCUT2D eigenvalue weighted by atomic mass is 16.5. The van der Waals surface area contributed by atoms with Crippen LogP contribution in [-0.4, -0.2) is 36.6 Å². The molecule has 7 heteroatoms. The molecule has 0 aromatic heterocycles. The van der Waals surface area contributed by atoms with Crippen molar-refractivity contribution < 1.29 is 19.1 Å². The number of urea groups is 1. The van der Waals surface area contributed by atoms with Gasteiger partial charge in [0.25, 0.3) is 5.91 Å². The Hall–Kier alpha value is -1.79. The largest absolute Gasteiger partial charge is 0.453 e. The van der Waals surface area contributed by atoms with E-state index in [-0.39, 0.29) is 24.3 Å². The Bertz CT molecular complexity index is 395. The topological polar surface area (TPSA) is 111 Å². The van der Waals surface area contributed by atoms with E-state index < -0.39 is 12.1 Å². The molecule has 1 aliphatic carbocycles. The standard InChI is InChI=1S/C16H29N3O4/c1-12(15(21)19-13-8-4-2-5-9-13)23-14(20)10-6-3-7-11-18-16(17)22/h12-13H,2-11H2,1H3,(H,19,21)(H3,17,18,22)/t12-/m0/s1. The summed E-state index contributed by atoms with van der Waals surface area (Å²) >= 11 is 0. The first-order chi connectivity index (χ1) is 11.0. The summed E-state index contributed by atoms with van der Waals surface area (Å²) in [6.45, 7) is 2.11. The molecule has 132 valence electrons. The van der Waals surface area contributed by atoms with Crippen LogP contribution in [0.2, 0.25) is 0 Å². The molecule has 1 atom stereocenters. The monoisotopic (exact) mass is 327 g/mol. The third-order valence-electron chi connectivity index (χ3n) is 3.99. The van der Waals surface area contributed by atoms with Crippen molar-refractivity contribution in [1.29, 1.82) is 0 Å². The molecule has 0 spiro atoms. The fourth-order valence-electron chi connectivity index (χ4n) is 2.66. The van der Waals surface area contributed by atoms with Crippen LogP contribution in [0.3, 0.4) is 0 Å². The first kappa shape index (κ1) is 19.3. The van der Waals surface area contributed by atoms with Crippen LogP contribution in [-0.2, 0) is 14.3 Å². The summed E-state index contributed by atoms with van der Waals surface area (Å²) in [6.07, 6.45) is 7.26. The van der Waals surface area contributed by atoms with Gasteiger partial charge in [0.1, 0.15) is 0 Å². The average molecular weight is 327 g/mol. The van der Waals surface area contributed by atoms with Gasteiger partial charge in [-0.25, -0.2) is 4.79 Å². The van der Waals surface area contributed by atoms with E-state index in [0.717, 1.165) is 38.5 Å². The van der Waals surface area contributed by atoms with E-state index in [1.165, 1.54) is 6.42 Å². The van der Waals surface area contributed by atoms with Gasteiger partial charge in [-0.1, -0.05) is 25.7 Å². The summed E-state index contributed by atoms with van der Waals surface area (Å²) in [5.41, 5.74) is 4.94. The summed E-state index contributed by atoms with van der Waals surface area (Å²) < 4.78 is 5.16. The van der Waals surface area contributed by atoms with E-state index in [2.05, 4.69) is 10.6 Å². The first-order valence-corrected chi connectivity index (χ1v) is 8.52. The highest BCUT2D eigenvalue weighted by molar-refractivity contribution is 5.83. The number of rotatable bonds is 9. The number of carbonyl (C=O) groups excluding carboxylic acids is 3. The predicted octanol–water partition coefficient (Wildman–Crippen LogP) is 1.60. The van der Waals surface area contributed by atoms with Gasteiger partial charge in [-0.15, -0.1) is 0 Å². The highest BCUT2D eigenvalue weighted by Crippen LogP contribution is 2.17. The number of amides is 3. The summed E-state index contributed by atoms with van der Waals surface area (Å²) in [5.74, 6) is -0.574. The van der Waals surface area contributed by atoms with Gasteiger partial charge in [0.05, 0.1) is 0 Å². The first-order valence-electron chi connectivity index (χ1n) is 8.52. The summed E-state index contributed by atoms with van der Waals surface area (Å²) in [7, 11) is 0. The number of hydrogen-bond acceptors (Lipinski definition) is 4. The van der Waals surface area contributed by atoms with Crippen LogP contribution in [0.15, 0.2) is 0 Å². The molecule has 0 unspecified atom stereocenters. The van der Waals surface area contributed by atoms with E-state index in [0.29, 0.717) is 13.0 Å². The molecule has 0 saturated heterocycles. The number of unbranched alkanes of at least 4 members (excludes halogenated alkanes) is 2. The number of ether oxygens (including phenoxy) is 1. The molecular weight excluding hydrogens is 298 g/mol. The summed E-state index contributed by atoms with van der Waals surface area (Å²) in [6, 6.07) is -0.322. The van der Waals surface area contributed by atoms with Crippen LogP contribution in [0.1, 0.15) is 64.7 Å². The Kier molecular flexibility index (Phi) is 9.09. The second kappa shape index (κ2) is 10.9. The normalized spacial score (nSPS) is 16.4. The Morgan fingerprint density at radius 3 is 2.48 bits per heavy atom. The number of nitrogens with one attached hydrogen (secondary N) is 2. The molecule has 0 aromatic carbocycles. The minimum Gasteiger partial charge on any atom is -0.453 e. The van der Waals surface area contributed by atoms with Crippen LogP contribution >= 0.6 is 0 Å². The number of primary amides is 1. The molecule has 3 amide bonds. The minimum atomic E-state index is -0.749. The van der Waals surface area contributed by atoms with Crippen LogP contribution in [0.25, 0.3) is 0 Å². The summed E-state index contributed by atoms with van der Waals surface area (Å²) in [5, 5.41) is 5.44. The fraction of sp³-hybridized carbons (Fsp3) is 0.812. The quantitative estimate of drug-likeness (QED) is 0.441. The van der Waals surface area contributed by atoms with Crippen molar-refractivity contribution in [2.45, 2.75) is 76.9 Å². The second-order valence-electron chi connectivity index (χ2n) is 6.08. The van der Waals surface area contributed by atoms with Crippen molar-refractivity contribution in [3.05, 3.63) is 0 Å². The second-order valence-corrected chi connectivity index (χ2v) is 6.08. The molecule has 1 fully saturated rings. The van der Waals surface area contributed by atoms with Gasteiger partial charge in [0.2, 0.25) is 0 Å². The lowest BCUT2D eigenvalue weighted by atomic mass is 9.95. The fourth-order valence-corrected chi connectivity index (χ4v) is 2.66. The van der Waals surface area contributed by atoms with E-state index >= 15 is 0 Å². The van der Waals surface area contributed by atoms with Gasteiger partial charge in [-0.2, -0.15) is 0 Å². The van der Waals surface area contributed by atoms with Crippen LogP contribution in [0.4, 0.5) is 4.79 Å². The van der Waals surface area contributed by atoms with Crippen molar-refractivity contribution >= 4 is 17.9 Å². The molecule has 23 heavy (non-hydrogen) atoms. The molecule has 1 aliphatic rings. The van der Waals surface area contributed by atoms with Gasteiger partial charge < -0.3 is 21.1 Å². The molecule has 0 aliphatic heterocycles. The predicted molar refractivity (Wildman–Crippen MR) is 86.6 cm³/mol. The molecule has 0 bridgehead atoms. The molecule has 0 radical (unpaired) electrons. The van der Waals surface area contributed by atoms with Gasteiger partial charge >= 0.3 is 12.0 Å². The Morgan fingerprint density at radius 2 is 1.83 bits per heavy atom. The van der Waals surface area contributed by atoms with Crippen molar-refractivity contribution in [2.24, 2.45) is 5.73 Å². The third kappa shape index (κ3) is 9.05. The Balaban J connectivity index is 2.09. The SMILES string of the molecule is C[C@H](OC(=O)CCCCCNC(N)=O)C(=O)NC1CCCCC1. The van der Waals surface area contributed by atoms with Crippen LogP contribution in [0.5, 0.6) is 0 Å². The molecule has 1 saturated carbocycles. The van der Waals surface area contributed by atoms with Crippen molar-refractivity contribution in [3.63, 3.8) is 0 Å². The molecule has 0 aromatic rings. The van der Waals surface area contributed by atoms with Gasteiger partial charge in [-0.3, -0.25) is 9.59 Å². The van der Waals surface area contributed by atoms with Gasteiger partial charge in [0, 0.05) is 19.0 Å². The van der Waals surface area contributed by atoms with Crippen molar-refractivity contribution in [2.75, 3.05) is 6.54 Å². The number of carbonyl (C=O) groups is 3. The van der Waals surface area contributed by atoms with Crippen molar-refractivity contribution in [3.8, 4) is 0 Å². The van der Waals surface area contributed by atoms with Gasteiger partial charge in [0.15, 0.2) is 6.10 Å². The molecular formula is C16H29N3O4. The smallest absolute Gasteiger partial charge is 0.312 e. The van der Waals surface area contributed by atoms with E-state index in [1.54, 1.807) is 6.92 Å².